The van der Waals surface area contributed by atoms with Crippen LogP contribution in [-0.2, 0) is 9.59 Å². The van der Waals surface area contributed by atoms with Crippen molar-refractivity contribution in [2.75, 3.05) is 16.0 Å². The summed E-state index contributed by atoms with van der Waals surface area (Å²) in [6.07, 6.45) is -0.162. The summed E-state index contributed by atoms with van der Waals surface area (Å²) in [4.78, 5) is 45.0. The molecule has 10 heteroatoms. The maximum atomic E-state index is 13.0. The van der Waals surface area contributed by atoms with Gasteiger partial charge < -0.3 is 16.0 Å². The van der Waals surface area contributed by atoms with E-state index in [4.69, 9.17) is 23.2 Å². The van der Waals surface area contributed by atoms with Gasteiger partial charge in [-0.3, -0.25) is 19.4 Å². The van der Waals surface area contributed by atoms with E-state index in [2.05, 4.69) is 25.9 Å². The van der Waals surface area contributed by atoms with Gasteiger partial charge >= 0.3 is 0 Å². The van der Waals surface area contributed by atoms with Crippen molar-refractivity contribution in [3.05, 3.63) is 73.5 Å². The van der Waals surface area contributed by atoms with Gasteiger partial charge in [-0.2, -0.15) is 4.98 Å². The third kappa shape index (κ3) is 4.46. The van der Waals surface area contributed by atoms with Gasteiger partial charge in [0.05, 0.1) is 22.2 Å². The second kappa shape index (κ2) is 8.64. The van der Waals surface area contributed by atoms with Crippen LogP contribution in [0.15, 0.2) is 41.2 Å². The molecule has 8 nitrogen and oxygen atoms in total. The molecule has 2 heterocycles. The fraction of sp³-hybridized carbons (Fsp3) is 0.182. The van der Waals surface area contributed by atoms with Crippen LogP contribution in [0, 0.1) is 13.8 Å². The molecule has 164 valence electrons. The number of carbonyl (C=O) groups excluding carboxylic acids is 2. The van der Waals surface area contributed by atoms with Gasteiger partial charge in [-0.05, 0) is 43.7 Å². The molecule has 0 saturated carbocycles. The highest BCUT2D eigenvalue weighted by Gasteiger charge is 2.35. The molecule has 4 rings (SSSR count). The first-order valence-corrected chi connectivity index (χ1v) is 10.5. The molecule has 0 spiro atoms. The molecule has 2 aromatic carbocycles. The molecule has 0 fully saturated rings. The van der Waals surface area contributed by atoms with Crippen molar-refractivity contribution in [2.45, 2.75) is 26.2 Å². The molecule has 4 N–H and O–H groups in total. The minimum Gasteiger partial charge on any atom is -0.325 e. The summed E-state index contributed by atoms with van der Waals surface area (Å²) >= 11 is 12.1. The predicted molar refractivity (Wildman–Crippen MR) is 125 cm³/mol. The molecular weight excluding hydrogens is 453 g/mol. The molecule has 1 aliphatic rings. The standard InChI is InChI=1S/C22H19Cl2N5O3/c1-10-3-5-15(11(2)7-10)25-20(31)13-9-17(30)27-19-18(13)21(32)29-22(28-19)26-16-6-4-12(23)8-14(16)24/h3-8,13H,9H2,1-2H3,(H,25,31)(H3,26,27,28,29,30,32)/t13-/m0/s1. The quantitative estimate of drug-likeness (QED) is 0.446. The van der Waals surface area contributed by atoms with Crippen LogP contribution < -0.4 is 21.5 Å². The minimum atomic E-state index is -0.983. The number of nitrogens with one attached hydrogen (secondary N) is 4. The second-order valence-electron chi connectivity index (χ2n) is 7.54. The third-order valence-corrected chi connectivity index (χ3v) is 5.64. The number of hydrogen-bond acceptors (Lipinski definition) is 5. The van der Waals surface area contributed by atoms with E-state index in [0.29, 0.717) is 21.4 Å². The number of nitrogens with zero attached hydrogens (tertiary/aromatic N) is 1. The lowest BCUT2D eigenvalue weighted by atomic mass is 9.92. The summed E-state index contributed by atoms with van der Waals surface area (Å²) < 4.78 is 0. The van der Waals surface area contributed by atoms with Crippen LogP contribution in [0.3, 0.4) is 0 Å². The average molecular weight is 472 g/mol. The minimum absolute atomic E-state index is 0.0263. The van der Waals surface area contributed by atoms with Gasteiger partial charge in [0.1, 0.15) is 5.82 Å². The molecule has 0 unspecified atom stereocenters. The van der Waals surface area contributed by atoms with Crippen molar-refractivity contribution in [1.82, 2.24) is 9.97 Å². The van der Waals surface area contributed by atoms with E-state index in [1.807, 2.05) is 26.0 Å². The highest BCUT2D eigenvalue weighted by Crippen LogP contribution is 2.32. The van der Waals surface area contributed by atoms with Crippen LogP contribution >= 0.6 is 23.2 Å². The van der Waals surface area contributed by atoms with Gasteiger partial charge in [0.15, 0.2) is 0 Å². The van der Waals surface area contributed by atoms with Crippen molar-refractivity contribution in [2.24, 2.45) is 0 Å². The Bertz CT molecular complexity index is 1310. The first-order valence-electron chi connectivity index (χ1n) is 9.75. The highest BCUT2D eigenvalue weighted by atomic mass is 35.5. The third-order valence-electron chi connectivity index (χ3n) is 5.09. The summed E-state index contributed by atoms with van der Waals surface area (Å²) in [7, 11) is 0. The summed E-state index contributed by atoms with van der Waals surface area (Å²) in [5.74, 6) is -1.76. The number of H-pyrrole nitrogens is 1. The van der Waals surface area contributed by atoms with E-state index in [1.54, 1.807) is 18.2 Å². The monoisotopic (exact) mass is 471 g/mol. The maximum absolute atomic E-state index is 13.0. The molecule has 1 aromatic heterocycles. The van der Waals surface area contributed by atoms with Gasteiger partial charge in [0.25, 0.3) is 5.56 Å². The molecule has 1 aliphatic heterocycles. The lowest BCUT2D eigenvalue weighted by Gasteiger charge is -2.24. The van der Waals surface area contributed by atoms with E-state index in [0.717, 1.165) is 11.1 Å². The van der Waals surface area contributed by atoms with Crippen molar-refractivity contribution < 1.29 is 9.59 Å². The zero-order valence-corrected chi connectivity index (χ0v) is 18.7. The van der Waals surface area contributed by atoms with E-state index >= 15 is 0 Å². The molecule has 0 radical (unpaired) electrons. The Hall–Kier alpha value is -3.36. The molecule has 2 amide bonds. The second-order valence-corrected chi connectivity index (χ2v) is 8.38. The van der Waals surface area contributed by atoms with Crippen LogP contribution in [0.25, 0.3) is 0 Å². The smallest absolute Gasteiger partial charge is 0.258 e. The van der Waals surface area contributed by atoms with E-state index in [9.17, 15) is 14.4 Å². The van der Waals surface area contributed by atoms with Crippen LogP contribution in [0.5, 0.6) is 0 Å². The SMILES string of the molecule is Cc1ccc(NC(=O)[C@H]2CC(=O)Nc3nc(Nc4ccc(Cl)cc4Cl)[nH]c(=O)c32)c(C)c1. The number of aromatic nitrogens is 2. The number of hydrogen-bond donors (Lipinski definition) is 4. The highest BCUT2D eigenvalue weighted by molar-refractivity contribution is 6.36. The Morgan fingerprint density at radius 3 is 2.56 bits per heavy atom. The number of anilines is 4. The lowest BCUT2D eigenvalue weighted by Crippen LogP contribution is -2.36. The molecule has 1 atom stereocenters. The maximum Gasteiger partial charge on any atom is 0.258 e. The van der Waals surface area contributed by atoms with Crippen LogP contribution in [0.4, 0.5) is 23.1 Å². The molecule has 0 bridgehead atoms. The van der Waals surface area contributed by atoms with Crippen LogP contribution in [0.2, 0.25) is 10.0 Å². The van der Waals surface area contributed by atoms with Gasteiger partial charge in [-0.1, -0.05) is 40.9 Å². The summed E-state index contributed by atoms with van der Waals surface area (Å²) in [6.45, 7) is 3.83. The van der Waals surface area contributed by atoms with Crippen LogP contribution in [0.1, 0.15) is 29.0 Å². The molecule has 3 aromatic rings. The molecule has 0 saturated heterocycles. The number of benzene rings is 2. The fourth-order valence-electron chi connectivity index (χ4n) is 3.55. The number of halogens is 2. The number of rotatable bonds is 4. The fourth-order valence-corrected chi connectivity index (χ4v) is 4.00. The van der Waals surface area contributed by atoms with Gasteiger partial charge in [-0.15, -0.1) is 0 Å². The van der Waals surface area contributed by atoms with Crippen molar-refractivity contribution in [3.8, 4) is 0 Å². The van der Waals surface area contributed by atoms with E-state index in [1.165, 1.54) is 6.07 Å². The van der Waals surface area contributed by atoms with E-state index < -0.39 is 23.3 Å². The number of carbonyl (C=O) groups is 2. The largest absolute Gasteiger partial charge is 0.325 e. The summed E-state index contributed by atoms with van der Waals surface area (Å²) in [6, 6.07) is 10.4. The van der Waals surface area contributed by atoms with Crippen molar-refractivity contribution in [3.63, 3.8) is 0 Å². The van der Waals surface area contributed by atoms with E-state index in [-0.39, 0.29) is 23.8 Å². The Morgan fingerprint density at radius 1 is 1.09 bits per heavy atom. The number of aromatic amines is 1. The van der Waals surface area contributed by atoms with Gasteiger partial charge in [0.2, 0.25) is 17.8 Å². The Kier molecular flexibility index (Phi) is 5.90. The zero-order chi connectivity index (χ0) is 23.0. The Morgan fingerprint density at radius 2 is 1.84 bits per heavy atom. The van der Waals surface area contributed by atoms with Gasteiger partial charge in [-0.25, -0.2) is 0 Å². The molecule has 0 aliphatic carbocycles. The predicted octanol–water partition coefficient (Wildman–Crippen LogP) is 4.50. The molecule has 32 heavy (non-hydrogen) atoms. The molecular formula is C22H19Cl2N5O3. The zero-order valence-electron chi connectivity index (χ0n) is 17.2. The normalized spacial score (nSPS) is 15.0. The van der Waals surface area contributed by atoms with Gasteiger partial charge in [0, 0.05) is 17.1 Å². The summed E-state index contributed by atoms with van der Waals surface area (Å²) in [5, 5.41) is 9.07. The Labute approximate surface area is 193 Å². The average Bonchev–Trinajstić information content (AvgIpc) is 2.71. The first kappa shape index (κ1) is 21.9. The number of fused-ring (bicyclic) bond motifs is 1. The summed E-state index contributed by atoms with van der Waals surface area (Å²) in [5.41, 5.74) is 2.58. The lowest BCUT2D eigenvalue weighted by molar-refractivity contribution is -0.123. The topological polar surface area (TPSA) is 116 Å². The number of aryl methyl sites for hydroxylation is 2. The van der Waals surface area contributed by atoms with Crippen molar-refractivity contribution >= 4 is 58.2 Å². The van der Waals surface area contributed by atoms with Crippen LogP contribution in [-0.4, -0.2) is 21.8 Å². The number of amides is 2. The first-order chi connectivity index (χ1) is 15.2. The Balaban J connectivity index is 1.65. The van der Waals surface area contributed by atoms with Crippen molar-refractivity contribution in [1.29, 1.82) is 0 Å².